The molecule has 10 saturated heterocycles. The summed E-state index contributed by atoms with van der Waals surface area (Å²) in [6.45, 7) is 13.4. The number of urea groups is 4. The molecule has 1 N–H and O–H groups in total. The maximum Gasteiger partial charge on any atom is 0.332 e. The maximum atomic E-state index is 15.1. The zero-order chi connectivity index (χ0) is 48.8. The molecule has 10 fully saturated rings. The first-order valence-electron chi connectivity index (χ1n) is 23.6. The van der Waals surface area contributed by atoms with E-state index < -0.39 is 125 Å². The molecule has 10 rings (SSSR count). The summed E-state index contributed by atoms with van der Waals surface area (Å²) < 4.78 is 40.1. The Balaban J connectivity index is 1.10. The summed E-state index contributed by atoms with van der Waals surface area (Å²) in [5, 5.41) is 13.9. The lowest BCUT2D eigenvalue weighted by atomic mass is 9.93. The van der Waals surface area contributed by atoms with Gasteiger partial charge in [-0.15, -0.1) is 0 Å². The van der Waals surface area contributed by atoms with Crippen molar-refractivity contribution in [1.29, 1.82) is 0 Å². The summed E-state index contributed by atoms with van der Waals surface area (Å²) in [5.41, 5.74) is -5.88. The van der Waals surface area contributed by atoms with Crippen LogP contribution in [0, 0.1) is 11.8 Å². The van der Waals surface area contributed by atoms with Crippen LogP contribution in [0.4, 0.5) is 19.2 Å². The fourth-order valence-corrected chi connectivity index (χ4v) is 10.1. The lowest BCUT2D eigenvalue weighted by Gasteiger charge is -2.46. The van der Waals surface area contributed by atoms with Gasteiger partial charge in [0, 0.05) is 19.0 Å². The highest BCUT2D eigenvalue weighted by molar-refractivity contribution is 6.09. The molecule has 10 aliphatic rings. The monoisotopic (exact) mass is 958 g/mol. The molecule has 0 radical (unpaired) electrons. The van der Waals surface area contributed by atoms with Crippen molar-refractivity contribution in [2.75, 3.05) is 78.9 Å². The van der Waals surface area contributed by atoms with Crippen molar-refractivity contribution < 1.29 is 76.6 Å². The van der Waals surface area contributed by atoms with E-state index >= 15 is 19.2 Å². The molecule has 68 heavy (non-hydrogen) atoms. The summed E-state index contributed by atoms with van der Waals surface area (Å²) >= 11 is 0. The van der Waals surface area contributed by atoms with Gasteiger partial charge >= 0.3 is 24.1 Å². The molecule has 10 unspecified atom stereocenters. The van der Waals surface area contributed by atoms with Gasteiger partial charge in [-0.1, -0.05) is 0 Å². The molecule has 0 spiro atoms. The molecule has 0 aromatic heterocycles. The Bertz CT molecular complexity index is 2180. The van der Waals surface area contributed by atoms with Crippen LogP contribution < -0.4 is 0 Å². The summed E-state index contributed by atoms with van der Waals surface area (Å²) in [6.07, 6.45) is -4.67. The summed E-state index contributed by atoms with van der Waals surface area (Å²) in [4.78, 5) is 126. The Morgan fingerprint density at radius 3 is 1.28 bits per heavy atom. The second kappa shape index (κ2) is 16.0. The minimum absolute atomic E-state index is 0.00540. The van der Waals surface area contributed by atoms with Crippen LogP contribution in [0.1, 0.15) is 68.2 Å². The normalized spacial score (nSPS) is 33.9. The van der Waals surface area contributed by atoms with Crippen LogP contribution in [0.2, 0.25) is 0 Å². The van der Waals surface area contributed by atoms with E-state index in [1.807, 2.05) is 0 Å². The molecule has 0 aromatic carbocycles. The second-order valence-corrected chi connectivity index (χ2v) is 21.8. The number of epoxide rings is 6. The van der Waals surface area contributed by atoms with Crippen LogP contribution in [0.25, 0.3) is 0 Å². The van der Waals surface area contributed by atoms with Crippen LogP contribution in [-0.2, 0) is 52.3 Å². The number of amides is 12. The number of nitrogens with zero attached hydrogens (tertiary/aromatic N) is 8. The Morgan fingerprint density at radius 1 is 0.500 bits per heavy atom. The summed E-state index contributed by atoms with van der Waals surface area (Å²) in [6, 6.07) is -3.26. The average molecular weight is 959 g/mol. The van der Waals surface area contributed by atoms with Crippen molar-refractivity contribution in [3.05, 3.63) is 0 Å². The first kappa shape index (κ1) is 47.1. The quantitative estimate of drug-likeness (QED) is 0.0818. The van der Waals surface area contributed by atoms with Crippen LogP contribution in [-0.4, -0.2) is 242 Å². The fourth-order valence-electron chi connectivity index (χ4n) is 10.1. The molecule has 24 heteroatoms. The zero-order valence-corrected chi connectivity index (χ0v) is 39.7. The fraction of sp³-hybridized carbons (Fsp3) is 0.818. The maximum absolute atomic E-state index is 15.1. The molecule has 24 nitrogen and oxygen atoms in total. The van der Waals surface area contributed by atoms with Crippen LogP contribution >= 0.6 is 0 Å². The predicted octanol–water partition coefficient (Wildman–Crippen LogP) is -0.448. The van der Waals surface area contributed by atoms with Gasteiger partial charge in [0.1, 0.15) is 22.2 Å². The molecular formula is C44H62N8O16. The summed E-state index contributed by atoms with van der Waals surface area (Å²) in [7, 11) is 0. The highest BCUT2D eigenvalue weighted by Gasteiger charge is 2.67. The molecule has 10 heterocycles. The van der Waals surface area contributed by atoms with Crippen molar-refractivity contribution in [2.45, 2.75) is 139 Å². The van der Waals surface area contributed by atoms with E-state index in [1.165, 1.54) is 47.3 Å². The number of rotatable bonds is 22. The third kappa shape index (κ3) is 8.10. The van der Waals surface area contributed by atoms with Crippen molar-refractivity contribution in [1.82, 2.24) is 39.2 Å². The van der Waals surface area contributed by atoms with E-state index in [-0.39, 0.29) is 70.5 Å². The molecule has 374 valence electrons. The van der Waals surface area contributed by atoms with Gasteiger partial charge in [-0.05, 0) is 68.2 Å². The number of imide groups is 4. The predicted molar refractivity (Wildman–Crippen MR) is 226 cm³/mol. The van der Waals surface area contributed by atoms with Gasteiger partial charge in [-0.25, -0.2) is 29.0 Å². The Kier molecular flexibility index (Phi) is 11.1. The van der Waals surface area contributed by atoms with Gasteiger partial charge < -0.3 is 57.9 Å². The smallest absolute Gasteiger partial charge is 0.332 e. The topological polar surface area (TPSA) is 267 Å². The number of ether oxygens (including phenoxy) is 7. The number of hydrogen-bond acceptors (Lipinski definition) is 16. The highest BCUT2D eigenvalue weighted by Crippen LogP contribution is 2.46. The van der Waals surface area contributed by atoms with Gasteiger partial charge in [0.2, 0.25) is 0 Å². The van der Waals surface area contributed by atoms with Crippen molar-refractivity contribution in [3.8, 4) is 0 Å². The first-order chi connectivity index (χ1) is 31.9. The van der Waals surface area contributed by atoms with Crippen LogP contribution in [0.5, 0.6) is 0 Å². The van der Waals surface area contributed by atoms with Crippen LogP contribution in [0.3, 0.4) is 0 Å². The Morgan fingerprint density at radius 2 is 0.853 bits per heavy atom. The number of hydrogen-bond donors (Lipinski definition) is 1. The van der Waals surface area contributed by atoms with E-state index in [4.69, 9.17) is 33.2 Å². The van der Waals surface area contributed by atoms with Gasteiger partial charge in [-0.2, -0.15) is 0 Å². The standard InChI is InChI=1S/C44H62N8O16/c1-40(2)32(53)45(36(57)47(40)13-27-19-64-27)11-23(9-25-17-62-25)31(51-34(55)42(5,6)49(38(51)59)15-29-21-66-29)68-44(61,52-35(56)43(7,8)50(39(52)60)16-30-22-67-30)24(10-26-18-63-26)12-46-33(54)41(3,4)48(37(46)58)14-28-20-65-28/h23-31,61H,9-22H2,1-8H3. The molecule has 0 bridgehead atoms. The minimum Gasteiger partial charge on any atom is -0.373 e. The average Bonchev–Trinajstić information content (AvgIpc) is 4.06. The largest absolute Gasteiger partial charge is 0.373 e. The van der Waals surface area contributed by atoms with E-state index in [0.29, 0.717) is 31.3 Å². The van der Waals surface area contributed by atoms with E-state index in [0.717, 1.165) is 14.7 Å². The van der Waals surface area contributed by atoms with Crippen molar-refractivity contribution in [3.63, 3.8) is 0 Å². The zero-order valence-electron chi connectivity index (χ0n) is 39.7. The molecule has 0 aromatic rings. The SMILES string of the molecule is CC1(C)C(=O)N(CC(CC2CO2)C(OC(O)(C(CC2CO2)CN2C(=O)N(CC3CO3)C(C)(C)C2=O)N2C(=O)N(CC3CO3)C(C)(C)C2=O)N2C(=O)N(CC3CO3)C(C)(C)C2=O)C(=O)N1CC1CO1. The molecule has 0 saturated carbocycles. The van der Waals surface area contributed by atoms with E-state index in [2.05, 4.69) is 0 Å². The minimum atomic E-state index is -3.19. The third-order valence-electron chi connectivity index (χ3n) is 15.2. The van der Waals surface area contributed by atoms with Crippen LogP contribution in [0.15, 0.2) is 0 Å². The van der Waals surface area contributed by atoms with Gasteiger partial charge in [0.15, 0.2) is 6.23 Å². The first-order valence-corrected chi connectivity index (χ1v) is 23.6. The lowest BCUT2D eigenvalue weighted by Crippen LogP contribution is -2.66. The van der Waals surface area contributed by atoms with E-state index in [9.17, 15) is 24.3 Å². The third-order valence-corrected chi connectivity index (χ3v) is 15.2. The molecule has 10 aliphatic heterocycles. The lowest BCUT2D eigenvalue weighted by molar-refractivity contribution is -0.336. The van der Waals surface area contributed by atoms with Gasteiger partial charge in [-0.3, -0.25) is 29.0 Å². The molecule has 10 atom stereocenters. The summed E-state index contributed by atoms with van der Waals surface area (Å²) in [5.74, 6) is -8.94. The van der Waals surface area contributed by atoms with Crippen molar-refractivity contribution in [2.24, 2.45) is 11.8 Å². The van der Waals surface area contributed by atoms with Crippen molar-refractivity contribution >= 4 is 47.8 Å². The van der Waals surface area contributed by atoms with Gasteiger partial charge in [0.25, 0.3) is 29.5 Å². The molecular weight excluding hydrogens is 897 g/mol. The number of carbonyl (C=O) groups is 8. The Hall–Kier alpha value is -4.56. The van der Waals surface area contributed by atoms with Gasteiger partial charge in [0.05, 0.1) is 108 Å². The molecule has 12 amide bonds. The Labute approximate surface area is 392 Å². The highest BCUT2D eigenvalue weighted by atomic mass is 16.7. The van der Waals surface area contributed by atoms with E-state index in [1.54, 1.807) is 27.7 Å². The molecule has 0 aliphatic carbocycles. The number of carbonyl (C=O) groups excluding carboxylic acids is 8. The number of aliphatic hydroxyl groups is 1. The second-order valence-electron chi connectivity index (χ2n) is 21.8.